The van der Waals surface area contributed by atoms with Gasteiger partial charge in [-0.25, -0.2) is 4.98 Å². The molecule has 26 heavy (non-hydrogen) atoms. The monoisotopic (exact) mass is 342 g/mol. The molecule has 0 aliphatic rings. The van der Waals surface area contributed by atoms with E-state index in [1.54, 1.807) is 12.2 Å². The van der Waals surface area contributed by atoms with Gasteiger partial charge in [-0.3, -0.25) is 0 Å². The van der Waals surface area contributed by atoms with Crippen LogP contribution in [0.2, 0.25) is 0 Å². The highest BCUT2D eigenvalue weighted by atomic mass is 16.5. The normalized spacial score (nSPS) is 11.1. The summed E-state index contributed by atoms with van der Waals surface area (Å²) in [4.78, 5) is 4.55. The molecule has 4 nitrogen and oxygen atoms in total. The van der Waals surface area contributed by atoms with Crippen LogP contribution in [0, 0.1) is 18.3 Å². The van der Waals surface area contributed by atoms with Crippen LogP contribution in [0.5, 0.6) is 5.75 Å². The Balaban J connectivity index is 1.73. The number of nitrogens with zero attached hydrogens (tertiary/aromatic N) is 2. The van der Waals surface area contributed by atoms with E-state index in [1.807, 2.05) is 73.7 Å². The molecule has 128 valence electrons. The summed E-state index contributed by atoms with van der Waals surface area (Å²) in [6, 6.07) is 19.6. The molecule has 0 unspecified atom stereocenters. The third-order valence-electron chi connectivity index (χ3n) is 3.72. The highest BCUT2D eigenvalue weighted by Gasteiger charge is 2.12. The van der Waals surface area contributed by atoms with Gasteiger partial charge >= 0.3 is 0 Å². The number of allylic oxidation sites excluding steroid dienone is 3. The molecular formula is C22H18N2O2. The zero-order chi connectivity index (χ0) is 18.2. The van der Waals surface area contributed by atoms with Crippen molar-refractivity contribution in [2.45, 2.75) is 13.5 Å². The first-order valence-corrected chi connectivity index (χ1v) is 8.24. The van der Waals surface area contributed by atoms with E-state index in [-0.39, 0.29) is 6.61 Å². The second-order valence-electron chi connectivity index (χ2n) is 5.55. The van der Waals surface area contributed by atoms with E-state index in [1.165, 1.54) is 6.08 Å². The predicted octanol–water partition coefficient (Wildman–Crippen LogP) is 5.32. The number of aryl methyl sites for hydroxylation is 1. The van der Waals surface area contributed by atoms with Gasteiger partial charge in [-0.05, 0) is 13.0 Å². The average molecular weight is 342 g/mol. The predicted molar refractivity (Wildman–Crippen MR) is 101 cm³/mol. The van der Waals surface area contributed by atoms with Crippen LogP contribution < -0.4 is 4.74 Å². The van der Waals surface area contributed by atoms with Crippen LogP contribution in [0.4, 0.5) is 0 Å². The fourth-order valence-corrected chi connectivity index (χ4v) is 2.52. The Morgan fingerprint density at radius 2 is 1.85 bits per heavy atom. The van der Waals surface area contributed by atoms with Crippen LogP contribution in [-0.4, -0.2) is 4.98 Å². The summed E-state index contributed by atoms with van der Waals surface area (Å²) in [5, 5.41) is 8.52. The van der Waals surface area contributed by atoms with Gasteiger partial charge in [0.1, 0.15) is 17.2 Å². The molecule has 2 aromatic carbocycles. The molecule has 0 fully saturated rings. The number of hydrogen-bond donors (Lipinski definition) is 0. The molecule has 0 saturated carbocycles. The summed E-state index contributed by atoms with van der Waals surface area (Å²) in [7, 11) is 0. The lowest BCUT2D eigenvalue weighted by atomic mass is 10.1. The van der Waals surface area contributed by atoms with Gasteiger partial charge in [0.05, 0.1) is 6.07 Å². The molecular weight excluding hydrogens is 324 g/mol. The second kappa shape index (κ2) is 8.50. The van der Waals surface area contributed by atoms with Crippen molar-refractivity contribution in [1.29, 1.82) is 5.26 Å². The minimum absolute atomic E-state index is 0.243. The molecule has 4 heteroatoms. The van der Waals surface area contributed by atoms with Gasteiger partial charge in [-0.2, -0.15) is 5.26 Å². The van der Waals surface area contributed by atoms with E-state index in [9.17, 15) is 0 Å². The lowest BCUT2D eigenvalue weighted by Gasteiger charge is -2.06. The molecule has 0 radical (unpaired) electrons. The van der Waals surface area contributed by atoms with Gasteiger partial charge in [0.25, 0.3) is 0 Å². The van der Waals surface area contributed by atoms with E-state index in [4.69, 9.17) is 14.4 Å². The minimum atomic E-state index is 0.243. The zero-order valence-electron chi connectivity index (χ0n) is 14.4. The first kappa shape index (κ1) is 17.2. The smallest absolute Gasteiger partial charge is 0.233 e. The fraction of sp³-hybridized carbons (Fsp3) is 0.0909. The molecule has 0 saturated heterocycles. The second-order valence-corrected chi connectivity index (χ2v) is 5.55. The van der Waals surface area contributed by atoms with E-state index >= 15 is 0 Å². The van der Waals surface area contributed by atoms with Crippen molar-refractivity contribution in [2.24, 2.45) is 0 Å². The number of benzene rings is 2. The zero-order valence-corrected chi connectivity index (χ0v) is 14.4. The van der Waals surface area contributed by atoms with Crippen LogP contribution in [0.25, 0.3) is 17.3 Å². The first-order chi connectivity index (χ1) is 12.8. The van der Waals surface area contributed by atoms with Crippen LogP contribution in [0.15, 0.2) is 77.2 Å². The summed E-state index contributed by atoms with van der Waals surface area (Å²) >= 11 is 0. The molecule has 0 bridgehead atoms. The Labute approximate surface area is 152 Å². The Morgan fingerprint density at radius 1 is 1.08 bits per heavy atom. The molecule has 0 spiro atoms. The molecule has 1 aromatic heterocycles. The van der Waals surface area contributed by atoms with Crippen LogP contribution in [0.3, 0.4) is 0 Å². The Bertz CT molecular complexity index is 963. The van der Waals surface area contributed by atoms with Crippen molar-refractivity contribution >= 4 is 6.08 Å². The van der Waals surface area contributed by atoms with Crippen molar-refractivity contribution in [3.8, 4) is 23.1 Å². The van der Waals surface area contributed by atoms with Crippen molar-refractivity contribution in [3.63, 3.8) is 0 Å². The summed E-state index contributed by atoms with van der Waals surface area (Å²) in [5.41, 5.74) is 2.77. The molecule has 3 rings (SSSR count). The highest BCUT2D eigenvalue weighted by molar-refractivity contribution is 5.61. The molecule has 1 heterocycles. The largest absolute Gasteiger partial charge is 0.483 e. The molecule has 0 atom stereocenters. The summed E-state index contributed by atoms with van der Waals surface area (Å²) in [6.07, 6.45) is 6.79. The SMILES string of the molecule is Cc1oc(COc2ccccc2/C=C/C=C/C#N)nc1-c1ccccc1. The number of para-hydroxylation sites is 1. The van der Waals surface area contributed by atoms with E-state index in [2.05, 4.69) is 4.98 Å². The Hall–Kier alpha value is -3.58. The van der Waals surface area contributed by atoms with Gasteiger partial charge in [0.15, 0.2) is 6.61 Å². The Morgan fingerprint density at radius 3 is 2.65 bits per heavy atom. The summed E-state index contributed by atoms with van der Waals surface area (Å²) < 4.78 is 11.6. The van der Waals surface area contributed by atoms with Gasteiger partial charge in [-0.15, -0.1) is 0 Å². The van der Waals surface area contributed by atoms with Crippen molar-refractivity contribution in [1.82, 2.24) is 4.98 Å². The maximum absolute atomic E-state index is 8.52. The van der Waals surface area contributed by atoms with Crippen molar-refractivity contribution < 1.29 is 9.15 Å². The number of hydrogen-bond acceptors (Lipinski definition) is 4. The van der Waals surface area contributed by atoms with Crippen LogP contribution >= 0.6 is 0 Å². The number of oxazole rings is 1. The van der Waals surface area contributed by atoms with E-state index in [0.29, 0.717) is 5.89 Å². The number of rotatable bonds is 6. The van der Waals surface area contributed by atoms with Gasteiger partial charge < -0.3 is 9.15 Å². The molecule has 3 aromatic rings. The van der Waals surface area contributed by atoms with E-state index < -0.39 is 0 Å². The summed E-state index contributed by atoms with van der Waals surface area (Å²) in [5.74, 6) is 2.03. The molecule has 0 N–H and O–H groups in total. The fourth-order valence-electron chi connectivity index (χ4n) is 2.52. The molecule has 0 amide bonds. The topological polar surface area (TPSA) is 59.0 Å². The van der Waals surface area contributed by atoms with Crippen molar-refractivity contribution in [2.75, 3.05) is 0 Å². The third kappa shape index (κ3) is 4.28. The van der Waals surface area contributed by atoms with Crippen LogP contribution in [-0.2, 0) is 6.61 Å². The Kier molecular flexibility index (Phi) is 5.64. The lowest BCUT2D eigenvalue weighted by molar-refractivity contribution is 0.260. The van der Waals surface area contributed by atoms with E-state index in [0.717, 1.165) is 28.3 Å². The van der Waals surface area contributed by atoms with Crippen LogP contribution in [0.1, 0.15) is 17.2 Å². The van der Waals surface area contributed by atoms with Crippen molar-refractivity contribution in [3.05, 3.63) is 90.0 Å². The maximum Gasteiger partial charge on any atom is 0.233 e. The lowest BCUT2D eigenvalue weighted by Crippen LogP contribution is -1.97. The van der Waals surface area contributed by atoms with Gasteiger partial charge in [0, 0.05) is 17.2 Å². The van der Waals surface area contributed by atoms with Gasteiger partial charge in [0.2, 0.25) is 5.89 Å². The standard InChI is InChI=1S/C22H18N2O2/c1-17-22(19-12-4-2-5-13-19)24-21(26-17)16-25-20-14-8-7-11-18(20)10-6-3-9-15-23/h2-14H,16H2,1H3/b9-3+,10-6+. The average Bonchev–Trinajstić information content (AvgIpc) is 3.06. The number of aromatic nitrogens is 1. The van der Waals surface area contributed by atoms with Gasteiger partial charge in [-0.1, -0.05) is 66.8 Å². The number of ether oxygens (including phenoxy) is 1. The quantitative estimate of drug-likeness (QED) is 0.449. The number of nitriles is 1. The maximum atomic E-state index is 8.52. The molecule has 0 aliphatic carbocycles. The third-order valence-corrected chi connectivity index (χ3v) is 3.72. The summed E-state index contributed by atoms with van der Waals surface area (Å²) in [6.45, 7) is 2.14. The molecule has 0 aliphatic heterocycles. The first-order valence-electron chi connectivity index (χ1n) is 8.24. The minimum Gasteiger partial charge on any atom is -0.483 e. The highest BCUT2D eigenvalue weighted by Crippen LogP contribution is 2.25.